The Morgan fingerprint density at radius 1 is 1.21 bits per heavy atom. The third kappa shape index (κ3) is 6.82. The number of para-hydroxylation sites is 1. The minimum absolute atomic E-state index is 0.00821. The SMILES string of the molecule is CC(C)=CC(=O)N(C1CCCCC1)[C@@H]1CC(C(=O)NCCO)=C[C@H](Oc2ccccc2I)[C@H]1O. The molecule has 2 amide bonds. The number of aliphatic hydroxyl groups is 2. The highest BCUT2D eigenvalue weighted by molar-refractivity contribution is 14.1. The van der Waals surface area contributed by atoms with E-state index in [1.165, 1.54) is 0 Å². The summed E-state index contributed by atoms with van der Waals surface area (Å²) in [7, 11) is 0. The minimum Gasteiger partial charge on any atom is -0.482 e. The Labute approximate surface area is 215 Å². The summed E-state index contributed by atoms with van der Waals surface area (Å²) < 4.78 is 7.08. The molecule has 3 atom stereocenters. The standard InChI is InChI=1S/C26H35IN2O5/c1-17(2)14-24(31)29(19-8-4-3-5-9-19)21-15-18(26(33)28-12-13-30)16-23(25(21)32)34-22-11-7-6-10-20(22)27/h6-7,10-11,14,16,19,21,23,25,30,32H,3-5,8-9,12-13,15H2,1-2H3,(H,28,33)/t21-,23+,25+/m1/s1. The number of halogens is 1. The van der Waals surface area contributed by atoms with Crippen LogP contribution in [0.5, 0.6) is 5.75 Å². The van der Waals surface area contributed by atoms with Gasteiger partial charge in [-0.3, -0.25) is 9.59 Å². The van der Waals surface area contributed by atoms with Gasteiger partial charge in [0, 0.05) is 30.7 Å². The van der Waals surface area contributed by atoms with Crippen molar-refractivity contribution in [2.75, 3.05) is 13.2 Å². The summed E-state index contributed by atoms with van der Waals surface area (Å²) in [5.74, 6) is 0.153. The molecule has 0 heterocycles. The molecule has 34 heavy (non-hydrogen) atoms. The fourth-order valence-electron chi connectivity index (χ4n) is 4.73. The first kappa shape index (κ1) is 26.7. The number of aliphatic hydroxyl groups excluding tert-OH is 2. The van der Waals surface area contributed by atoms with Crippen LogP contribution in [-0.4, -0.2) is 64.4 Å². The van der Waals surface area contributed by atoms with E-state index in [9.17, 15) is 14.7 Å². The maximum absolute atomic E-state index is 13.4. The van der Waals surface area contributed by atoms with E-state index in [0.29, 0.717) is 11.3 Å². The molecular formula is C26H35IN2O5. The van der Waals surface area contributed by atoms with Crippen LogP contribution in [0.4, 0.5) is 0 Å². The number of amides is 2. The van der Waals surface area contributed by atoms with E-state index in [1.54, 1.807) is 17.1 Å². The summed E-state index contributed by atoms with van der Waals surface area (Å²) >= 11 is 2.17. The summed E-state index contributed by atoms with van der Waals surface area (Å²) in [6, 6.07) is 6.90. The molecule has 1 aromatic carbocycles. The number of allylic oxidation sites excluding steroid dienone is 1. The fourth-order valence-corrected chi connectivity index (χ4v) is 5.24. The number of nitrogens with zero attached hydrogens (tertiary/aromatic N) is 1. The number of rotatable bonds is 8. The number of carbonyl (C=O) groups is 2. The number of benzene rings is 1. The van der Waals surface area contributed by atoms with Gasteiger partial charge in [0.25, 0.3) is 0 Å². The molecule has 1 aromatic rings. The van der Waals surface area contributed by atoms with Gasteiger partial charge in [-0.2, -0.15) is 0 Å². The highest BCUT2D eigenvalue weighted by Gasteiger charge is 2.42. The van der Waals surface area contributed by atoms with Crippen molar-refractivity contribution in [3.05, 3.63) is 51.1 Å². The van der Waals surface area contributed by atoms with Crippen molar-refractivity contribution in [2.45, 2.75) is 76.7 Å². The number of nitrogens with one attached hydrogen (secondary N) is 1. The lowest BCUT2D eigenvalue weighted by Gasteiger charge is -2.45. The molecule has 0 spiro atoms. The second kappa shape index (κ2) is 12.7. The van der Waals surface area contributed by atoms with Gasteiger partial charge in [-0.1, -0.05) is 37.0 Å². The predicted molar refractivity (Wildman–Crippen MR) is 139 cm³/mol. The van der Waals surface area contributed by atoms with E-state index >= 15 is 0 Å². The second-order valence-corrected chi connectivity index (χ2v) is 10.4. The second-order valence-electron chi connectivity index (χ2n) is 9.21. The molecule has 2 aliphatic rings. The Bertz CT molecular complexity index is 922. The molecule has 0 aliphatic heterocycles. The highest BCUT2D eigenvalue weighted by atomic mass is 127. The van der Waals surface area contributed by atoms with Gasteiger partial charge in [0.1, 0.15) is 18.0 Å². The molecule has 0 saturated heterocycles. The number of ether oxygens (including phenoxy) is 1. The van der Waals surface area contributed by atoms with Gasteiger partial charge in [0.05, 0.1) is 16.2 Å². The molecule has 186 valence electrons. The Balaban J connectivity index is 1.98. The van der Waals surface area contributed by atoms with Crippen LogP contribution in [0.1, 0.15) is 52.4 Å². The Morgan fingerprint density at radius 3 is 2.56 bits per heavy atom. The van der Waals surface area contributed by atoms with Crippen LogP contribution in [-0.2, 0) is 9.59 Å². The molecule has 7 nitrogen and oxygen atoms in total. The van der Waals surface area contributed by atoms with Crippen LogP contribution in [0.3, 0.4) is 0 Å². The van der Waals surface area contributed by atoms with Crippen LogP contribution < -0.4 is 10.1 Å². The smallest absolute Gasteiger partial charge is 0.247 e. The summed E-state index contributed by atoms with van der Waals surface area (Å²) in [6.45, 7) is 3.73. The zero-order chi connectivity index (χ0) is 24.7. The van der Waals surface area contributed by atoms with Crippen LogP contribution in [0, 0.1) is 3.57 Å². The normalized spacial score (nSPS) is 23.0. The average Bonchev–Trinajstić information content (AvgIpc) is 2.81. The highest BCUT2D eigenvalue weighted by Crippen LogP contribution is 2.33. The van der Waals surface area contributed by atoms with Crippen molar-refractivity contribution in [2.24, 2.45) is 0 Å². The molecule has 8 heteroatoms. The van der Waals surface area contributed by atoms with Crippen molar-refractivity contribution in [3.8, 4) is 5.75 Å². The van der Waals surface area contributed by atoms with Crippen molar-refractivity contribution in [1.82, 2.24) is 10.2 Å². The van der Waals surface area contributed by atoms with Crippen LogP contribution in [0.2, 0.25) is 0 Å². The third-order valence-corrected chi connectivity index (χ3v) is 7.20. The molecule has 2 aliphatic carbocycles. The number of carbonyl (C=O) groups excluding carboxylic acids is 2. The summed E-state index contributed by atoms with van der Waals surface area (Å²) in [4.78, 5) is 28.1. The van der Waals surface area contributed by atoms with E-state index in [0.717, 1.165) is 41.2 Å². The molecule has 1 saturated carbocycles. The summed E-state index contributed by atoms with van der Waals surface area (Å²) in [5.41, 5.74) is 1.34. The quantitative estimate of drug-likeness (QED) is 0.323. The lowest BCUT2D eigenvalue weighted by molar-refractivity contribution is -0.138. The van der Waals surface area contributed by atoms with Crippen molar-refractivity contribution in [3.63, 3.8) is 0 Å². The molecule has 0 unspecified atom stereocenters. The number of hydrogen-bond acceptors (Lipinski definition) is 5. The first-order chi connectivity index (χ1) is 16.3. The molecule has 0 aromatic heterocycles. The topological polar surface area (TPSA) is 99.1 Å². The van der Waals surface area contributed by atoms with Crippen LogP contribution in [0.15, 0.2) is 47.6 Å². The summed E-state index contributed by atoms with van der Waals surface area (Å²) in [6.07, 6.45) is 6.67. The van der Waals surface area contributed by atoms with Gasteiger partial charge >= 0.3 is 0 Å². The molecule has 3 N–H and O–H groups in total. The van der Waals surface area contributed by atoms with Gasteiger partial charge in [-0.15, -0.1) is 0 Å². The first-order valence-corrected chi connectivity index (χ1v) is 13.1. The molecule has 0 radical (unpaired) electrons. The van der Waals surface area contributed by atoms with E-state index in [1.807, 2.05) is 38.1 Å². The van der Waals surface area contributed by atoms with Gasteiger partial charge < -0.3 is 25.2 Å². The van der Waals surface area contributed by atoms with Crippen LogP contribution >= 0.6 is 22.6 Å². The van der Waals surface area contributed by atoms with Gasteiger partial charge in [-0.05, 0) is 67.5 Å². The van der Waals surface area contributed by atoms with Gasteiger partial charge in [0.15, 0.2) is 0 Å². The average molecular weight is 582 g/mol. The van der Waals surface area contributed by atoms with Crippen molar-refractivity contribution in [1.29, 1.82) is 0 Å². The lowest BCUT2D eigenvalue weighted by Crippen LogP contribution is -2.58. The molecular weight excluding hydrogens is 547 g/mol. The van der Waals surface area contributed by atoms with Crippen LogP contribution in [0.25, 0.3) is 0 Å². The van der Waals surface area contributed by atoms with Crippen molar-refractivity contribution < 1.29 is 24.5 Å². The monoisotopic (exact) mass is 582 g/mol. The summed E-state index contributed by atoms with van der Waals surface area (Å²) in [5, 5.41) is 23.3. The molecule has 3 rings (SSSR count). The Morgan fingerprint density at radius 2 is 1.91 bits per heavy atom. The maximum atomic E-state index is 13.4. The van der Waals surface area contributed by atoms with E-state index in [-0.39, 0.29) is 37.4 Å². The Kier molecular flexibility index (Phi) is 9.97. The predicted octanol–water partition coefficient (Wildman–Crippen LogP) is 3.33. The zero-order valence-corrected chi connectivity index (χ0v) is 22.0. The van der Waals surface area contributed by atoms with E-state index in [2.05, 4.69) is 27.9 Å². The van der Waals surface area contributed by atoms with E-state index in [4.69, 9.17) is 9.84 Å². The molecule has 0 bridgehead atoms. The Hall–Kier alpha value is -1.91. The molecule has 1 fully saturated rings. The van der Waals surface area contributed by atoms with Gasteiger partial charge in [0.2, 0.25) is 11.8 Å². The fraction of sp³-hybridized carbons (Fsp3) is 0.538. The largest absolute Gasteiger partial charge is 0.482 e. The minimum atomic E-state index is -0.998. The number of hydrogen-bond donors (Lipinski definition) is 3. The lowest BCUT2D eigenvalue weighted by atomic mass is 9.85. The zero-order valence-electron chi connectivity index (χ0n) is 19.9. The third-order valence-electron chi connectivity index (χ3n) is 6.31. The maximum Gasteiger partial charge on any atom is 0.247 e. The first-order valence-electron chi connectivity index (χ1n) is 12.0. The van der Waals surface area contributed by atoms with Gasteiger partial charge in [-0.25, -0.2) is 0 Å². The van der Waals surface area contributed by atoms with E-state index < -0.39 is 18.2 Å². The van der Waals surface area contributed by atoms with Crippen molar-refractivity contribution >= 4 is 34.4 Å².